The highest BCUT2D eigenvalue weighted by atomic mass is 16.5. The van der Waals surface area contributed by atoms with Crippen LogP contribution in [-0.4, -0.2) is 13.7 Å². The summed E-state index contributed by atoms with van der Waals surface area (Å²) in [6.45, 7) is 5.25. The fraction of sp³-hybridized carbons (Fsp3) is 0.500. The summed E-state index contributed by atoms with van der Waals surface area (Å²) in [5.74, 6) is 1.58. The Morgan fingerprint density at radius 3 is 2.56 bits per heavy atom. The highest BCUT2D eigenvalue weighted by molar-refractivity contribution is 5.59. The van der Waals surface area contributed by atoms with Gasteiger partial charge >= 0.3 is 0 Å². The van der Waals surface area contributed by atoms with E-state index in [9.17, 15) is 0 Å². The zero-order valence-corrected chi connectivity index (χ0v) is 11.8. The predicted octanol–water partition coefficient (Wildman–Crippen LogP) is 4.05. The van der Waals surface area contributed by atoms with Crippen molar-refractivity contribution in [2.24, 2.45) is 5.92 Å². The standard InChI is InChI=1S/C16H25NO/c1-4-9-14(5-2)13-18-16(12-17-3)15-10-7-6-8-11-15/h6-8,10-12,14,17H,4-5,9,13H2,1-3H3/b16-12-. The molecule has 18 heavy (non-hydrogen) atoms. The number of ether oxygens (including phenoxy) is 1. The first-order chi connectivity index (χ1) is 8.81. The van der Waals surface area contributed by atoms with Gasteiger partial charge in [-0.1, -0.05) is 57.0 Å². The van der Waals surface area contributed by atoms with E-state index >= 15 is 0 Å². The molecule has 100 valence electrons. The molecule has 0 amide bonds. The van der Waals surface area contributed by atoms with Crippen LogP contribution in [0.2, 0.25) is 0 Å². The van der Waals surface area contributed by atoms with E-state index < -0.39 is 0 Å². The Kier molecular flexibility index (Phi) is 7.00. The van der Waals surface area contributed by atoms with Crippen LogP contribution in [0.1, 0.15) is 38.7 Å². The molecule has 0 aliphatic rings. The van der Waals surface area contributed by atoms with Crippen LogP contribution in [0.3, 0.4) is 0 Å². The number of nitrogens with one attached hydrogen (secondary N) is 1. The summed E-state index contributed by atoms with van der Waals surface area (Å²) in [6, 6.07) is 10.2. The van der Waals surface area contributed by atoms with Crippen molar-refractivity contribution < 1.29 is 4.74 Å². The molecule has 0 aromatic heterocycles. The first-order valence-corrected chi connectivity index (χ1v) is 6.87. The number of rotatable bonds is 8. The van der Waals surface area contributed by atoms with Gasteiger partial charge in [-0.2, -0.15) is 0 Å². The lowest BCUT2D eigenvalue weighted by atomic mass is 10.0. The Hall–Kier alpha value is -1.44. The first-order valence-electron chi connectivity index (χ1n) is 6.87. The van der Waals surface area contributed by atoms with Gasteiger partial charge in [0.25, 0.3) is 0 Å². The minimum absolute atomic E-state index is 0.652. The Labute approximate surface area is 111 Å². The van der Waals surface area contributed by atoms with E-state index in [1.807, 2.05) is 31.4 Å². The van der Waals surface area contributed by atoms with Crippen molar-refractivity contribution >= 4 is 5.76 Å². The number of hydrogen-bond donors (Lipinski definition) is 1. The summed E-state index contributed by atoms with van der Waals surface area (Å²) in [4.78, 5) is 0. The van der Waals surface area contributed by atoms with Gasteiger partial charge in [0.2, 0.25) is 0 Å². The van der Waals surface area contributed by atoms with E-state index in [4.69, 9.17) is 4.74 Å². The largest absolute Gasteiger partial charge is 0.491 e. The Morgan fingerprint density at radius 2 is 2.00 bits per heavy atom. The smallest absolute Gasteiger partial charge is 0.142 e. The maximum atomic E-state index is 5.97. The quantitative estimate of drug-likeness (QED) is 0.700. The highest BCUT2D eigenvalue weighted by Crippen LogP contribution is 2.18. The monoisotopic (exact) mass is 247 g/mol. The highest BCUT2D eigenvalue weighted by Gasteiger charge is 2.08. The molecule has 2 heteroatoms. The average molecular weight is 247 g/mol. The van der Waals surface area contributed by atoms with Gasteiger partial charge in [-0.25, -0.2) is 0 Å². The topological polar surface area (TPSA) is 21.3 Å². The second kappa shape index (κ2) is 8.62. The van der Waals surface area contributed by atoms with E-state index in [0.717, 1.165) is 17.9 Å². The molecule has 0 aliphatic carbocycles. The zero-order valence-electron chi connectivity index (χ0n) is 11.8. The van der Waals surface area contributed by atoms with Crippen molar-refractivity contribution in [3.8, 4) is 0 Å². The van der Waals surface area contributed by atoms with Crippen molar-refractivity contribution in [3.63, 3.8) is 0 Å². The van der Waals surface area contributed by atoms with E-state index in [0.29, 0.717) is 5.92 Å². The van der Waals surface area contributed by atoms with Gasteiger partial charge in [0.15, 0.2) is 0 Å². The summed E-state index contributed by atoms with van der Waals surface area (Å²) in [7, 11) is 1.90. The van der Waals surface area contributed by atoms with E-state index in [1.54, 1.807) is 0 Å². The molecular weight excluding hydrogens is 222 g/mol. The predicted molar refractivity (Wildman–Crippen MR) is 78.1 cm³/mol. The molecule has 0 aliphatic heterocycles. The third-order valence-electron chi connectivity index (χ3n) is 3.08. The minimum Gasteiger partial charge on any atom is -0.491 e. The van der Waals surface area contributed by atoms with Gasteiger partial charge in [-0.3, -0.25) is 0 Å². The number of benzene rings is 1. The van der Waals surface area contributed by atoms with Crippen molar-refractivity contribution in [3.05, 3.63) is 42.1 Å². The van der Waals surface area contributed by atoms with Gasteiger partial charge < -0.3 is 10.1 Å². The van der Waals surface area contributed by atoms with Gasteiger partial charge in [-0.15, -0.1) is 0 Å². The molecule has 1 aromatic carbocycles. The maximum absolute atomic E-state index is 5.97. The van der Waals surface area contributed by atoms with Crippen LogP contribution in [0.5, 0.6) is 0 Å². The Balaban J connectivity index is 2.62. The molecule has 1 rings (SSSR count). The summed E-state index contributed by atoms with van der Waals surface area (Å²) < 4.78 is 5.97. The van der Waals surface area contributed by atoms with Crippen LogP contribution in [-0.2, 0) is 4.74 Å². The zero-order chi connectivity index (χ0) is 13.2. The van der Waals surface area contributed by atoms with Gasteiger partial charge in [0.1, 0.15) is 5.76 Å². The SMILES string of the molecule is CCCC(CC)CO/C(=C\NC)c1ccccc1. The van der Waals surface area contributed by atoms with Crippen LogP contribution in [0.4, 0.5) is 0 Å². The number of hydrogen-bond acceptors (Lipinski definition) is 2. The Bertz CT molecular complexity index is 345. The van der Waals surface area contributed by atoms with Crippen LogP contribution >= 0.6 is 0 Å². The van der Waals surface area contributed by atoms with Crippen molar-refractivity contribution in [2.45, 2.75) is 33.1 Å². The molecule has 0 saturated carbocycles. The second-order valence-corrected chi connectivity index (χ2v) is 4.54. The fourth-order valence-corrected chi connectivity index (χ4v) is 1.96. The minimum atomic E-state index is 0.652. The molecule has 1 aromatic rings. The molecule has 1 unspecified atom stereocenters. The molecular formula is C16H25NO. The molecule has 0 radical (unpaired) electrons. The molecule has 1 N–H and O–H groups in total. The van der Waals surface area contributed by atoms with E-state index in [2.05, 4.69) is 31.3 Å². The molecule has 1 atom stereocenters. The molecule has 0 saturated heterocycles. The lowest BCUT2D eigenvalue weighted by Gasteiger charge is -2.17. The van der Waals surface area contributed by atoms with Gasteiger partial charge in [0, 0.05) is 18.8 Å². The second-order valence-electron chi connectivity index (χ2n) is 4.54. The third-order valence-corrected chi connectivity index (χ3v) is 3.08. The molecule has 0 fully saturated rings. The van der Waals surface area contributed by atoms with Crippen molar-refractivity contribution in [2.75, 3.05) is 13.7 Å². The molecule has 0 spiro atoms. The summed E-state index contributed by atoms with van der Waals surface area (Å²) >= 11 is 0. The van der Waals surface area contributed by atoms with Crippen LogP contribution in [0.15, 0.2) is 36.5 Å². The van der Waals surface area contributed by atoms with Crippen molar-refractivity contribution in [1.82, 2.24) is 5.32 Å². The van der Waals surface area contributed by atoms with Crippen molar-refractivity contribution in [1.29, 1.82) is 0 Å². The molecule has 0 heterocycles. The van der Waals surface area contributed by atoms with E-state index in [1.165, 1.54) is 19.3 Å². The summed E-state index contributed by atoms with van der Waals surface area (Å²) in [6.07, 6.45) is 5.56. The summed E-state index contributed by atoms with van der Waals surface area (Å²) in [5.41, 5.74) is 1.12. The maximum Gasteiger partial charge on any atom is 0.142 e. The van der Waals surface area contributed by atoms with Gasteiger partial charge in [-0.05, 0) is 12.3 Å². The first kappa shape index (κ1) is 14.6. The third kappa shape index (κ3) is 4.82. The molecule has 0 bridgehead atoms. The van der Waals surface area contributed by atoms with E-state index in [-0.39, 0.29) is 0 Å². The Morgan fingerprint density at radius 1 is 1.28 bits per heavy atom. The lowest BCUT2D eigenvalue weighted by molar-refractivity contribution is 0.204. The lowest BCUT2D eigenvalue weighted by Crippen LogP contribution is -2.09. The summed E-state index contributed by atoms with van der Waals surface area (Å²) in [5, 5.41) is 3.05. The average Bonchev–Trinajstić information content (AvgIpc) is 2.43. The molecule has 2 nitrogen and oxygen atoms in total. The fourth-order valence-electron chi connectivity index (χ4n) is 1.96. The normalized spacial score (nSPS) is 13.2. The van der Waals surface area contributed by atoms with Gasteiger partial charge in [0.05, 0.1) is 6.61 Å². The van der Waals surface area contributed by atoms with Crippen LogP contribution < -0.4 is 5.32 Å². The van der Waals surface area contributed by atoms with Crippen LogP contribution in [0.25, 0.3) is 5.76 Å². The van der Waals surface area contributed by atoms with Crippen LogP contribution in [0, 0.1) is 5.92 Å².